The summed E-state index contributed by atoms with van der Waals surface area (Å²) >= 11 is 3.81. The molecule has 4 rings (SSSR count). The molecule has 0 unspecified atom stereocenters. The van der Waals surface area contributed by atoms with Crippen LogP contribution in [0.1, 0.15) is 50.2 Å². The van der Waals surface area contributed by atoms with Gasteiger partial charge in [0.15, 0.2) is 0 Å². The molecular weight excluding hydrogens is 336 g/mol. The molecule has 0 N–H and O–H groups in total. The van der Waals surface area contributed by atoms with E-state index in [-0.39, 0.29) is 0 Å². The van der Waals surface area contributed by atoms with Crippen molar-refractivity contribution in [1.29, 1.82) is 0 Å². The maximum absolute atomic E-state index is 5.46. The number of halogens is 1. The average molecular weight is 359 g/mol. The molecule has 2 aromatic carbocycles. The minimum atomic E-state index is 0.498. The molecule has 22 heavy (non-hydrogen) atoms. The van der Waals surface area contributed by atoms with Gasteiger partial charge < -0.3 is 4.74 Å². The lowest BCUT2D eigenvalue weighted by molar-refractivity contribution is 0.248. The van der Waals surface area contributed by atoms with Crippen LogP contribution in [0.5, 0.6) is 5.75 Å². The van der Waals surface area contributed by atoms with Crippen molar-refractivity contribution in [2.24, 2.45) is 11.3 Å². The normalized spacial score (nSPS) is 30.2. The molecule has 1 fully saturated rings. The second kappa shape index (κ2) is 4.99. The smallest absolute Gasteiger partial charge is 0.119 e. The first-order chi connectivity index (χ1) is 10.5. The molecule has 0 aliphatic heterocycles. The van der Waals surface area contributed by atoms with Crippen molar-refractivity contribution in [2.45, 2.75) is 45.4 Å². The molecule has 2 aromatic rings. The van der Waals surface area contributed by atoms with Crippen LogP contribution in [-0.4, -0.2) is 7.11 Å². The van der Waals surface area contributed by atoms with Crippen LogP contribution in [-0.2, 0) is 6.42 Å². The zero-order valence-corrected chi connectivity index (χ0v) is 15.2. The van der Waals surface area contributed by atoms with Crippen molar-refractivity contribution >= 4 is 26.7 Å². The fourth-order valence-electron chi connectivity index (χ4n) is 5.05. The molecule has 2 heteroatoms. The van der Waals surface area contributed by atoms with E-state index in [0.717, 1.165) is 17.6 Å². The highest BCUT2D eigenvalue weighted by molar-refractivity contribution is 9.10. The van der Waals surface area contributed by atoms with Crippen LogP contribution < -0.4 is 4.74 Å². The summed E-state index contributed by atoms with van der Waals surface area (Å²) in [5.41, 5.74) is 3.65. The van der Waals surface area contributed by atoms with E-state index < -0.39 is 0 Å². The number of hydrogen-bond donors (Lipinski definition) is 0. The van der Waals surface area contributed by atoms with E-state index in [1.807, 2.05) is 0 Å². The fourth-order valence-corrected chi connectivity index (χ4v) is 5.65. The Morgan fingerprint density at radius 2 is 2.05 bits per heavy atom. The van der Waals surface area contributed by atoms with Gasteiger partial charge in [-0.1, -0.05) is 29.8 Å². The van der Waals surface area contributed by atoms with E-state index in [2.05, 4.69) is 54.0 Å². The molecule has 0 spiro atoms. The Morgan fingerprint density at radius 1 is 1.23 bits per heavy atom. The molecule has 0 aromatic heterocycles. The van der Waals surface area contributed by atoms with Crippen LogP contribution in [0, 0.1) is 11.3 Å². The van der Waals surface area contributed by atoms with Crippen LogP contribution in [0.3, 0.4) is 0 Å². The SMILES string of the molecule is COc1ccc2c(Br)cc3c(c2c1)CC[C@]1(C)C[C@H](C)C[C@@H]31. The Hall–Kier alpha value is -1.02. The lowest BCUT2D eigenvalue weighted by Crippen LogP contribution is -2.26. The van der Waals surface area contributed by atoms with Crippen molar-refractivity contribution in [2.75, 3.05) is 7.11 Å². The van der Waals surface area contributed by atoms with E-state index in [9.17, 15) is 0 Å². The van der Waals surface area contributed by atoms with E-state index in [1.165, 1.54) is 40.9 Å². The summed E-state index contributed by atoms with van der Waals surface area (Å²) in [6.45, 7) is 4.93. The van der Waals surface area contributed by atoms with Gasteiger partial charge in [-0.25, -0.2) is 0 Å². The van der Waals surface area contributed by atoms with Gasteiger partial charge in [0, 0.05) is 4.47 Å². The van der Waals surface area contributed by atoms with Gasteiger partial charge in [0.2, 0.25) is 0 Å². The van der Waals surface area contributed by atoms with Gasteiger partial charge in [-0.05, 0) is 89.1 Å². The zero-order chi connectivity index (χ0) is 15.5. The third-order valence-corrected chi connectivity index (χ3v) is 6.71. The molecule has 0 radical (unpaired) electrons. The molecule has 2 aliphatic rings. The van der Waals surface area contributed by atoms with Crippen molar-refractivity contribution < 1.29 is 4.74 Å². The Kier molecular flexibility index (Phi) is 3.30. The summed E-state index contributed by atoms with van der Waals surface area (Å²) in [5.74, 6) is 2.53. The number of rotatable bonds is 1. The summed E-state index contributed by atoms with van der Waals surface area (Å²) in [5, 5.41) is 2.69. The molecule has 0 saturated heterocycles. The Balaban J connectivity index is 1.96. The number of hydrogen-bond acceptors (Lipinski definition) is 1. The zero-order valence-electron chi connectivity index (χ0n) is 13.6. The van der Waals surface area contributed by atoms with Crippen LogP contribution in [0.4, 0.5) is 0 Å². The molecule has 0 bridgehead atoms. The van der Waals surface area contributed by atoms with Gasteiger partial charge in [0.1, 0.15) is 5.75 Å². The third-order valence-electron chi connectivity index (χ3n) is 6.06. The van der Waals surface area contributed by atoms with Crippen molar-refractivity contribution in [3.63, 3.8) is 0 Å². The standard InChI is InChI=1S/C20H23BrO/c1-12-8-18-17-10-19(21)15-5-4-13(22-3)9-16(15)14(17)6-7-20(18,2)11-12/h4-5,9-10,12,18H,6-8,11H2,1-3H3/t12-,18+,20-/m1/s1. The Labute approximate surface area is 141 Å². The van der Waals surface area contributed by atoms with Gasteiger partial charge >= 0.3 is 0 Å². The molecule has 3 atom stereocenters. The lowest BCUT2D eigenvalue weighted by atomic mass is 9.66. The lowest BCUT2D eigenvalue weighted by Gasteiger charge is -2.38. The quantitative estimate of drug-likeness (QED) is 0.600. The molecule has 0 heterocycles. The van der Waals surface area contributed by atoms with Crippen molar-refractivity contribution in [3.05, 3.63) is 39.9 Å². The maximum atomic E-state index is 5.46. The van der Waals surface area contributed by atoms with Gasteiger partial charge in [-0.3, -0.25) is 0 Å². The number of ether oxygens (including phenoxy) is 1. The van der Waals surface area contributed by atoms with Gasteiger partial charge in [-0.15, -0.1) is 0 Å². The minimum Gasteiger partial charge on any atom is -0.497 e. The van der Waals surface area contributed by atoms with Gasteiger partial charge in [0.05, 0.1) is 7.11 Å². The topological polar surface area (TPSA) is 9.23 Å². The first kappa shape index (κ1) is 14.6. The monoisotopic (exact) mass is 358 g/mol. The molecule has 1 saturated carbocycles. The highest BCUT2D eigenvalue weighted by Gasteiger charge is 2.46. The molecule has 0 amide bonds. The summed E-state index contributed by atoms with van der Waals surface area (Å²) in [6.07, 6.45) is 5.24. The minimum absolute atomic E-state index is 0.498. The molecule has 1 nitrogen and oxygen atoms in total. The van der Waals surface area contributed by atoms with Crippen molar-refractivity contribution in [3.8, 4) is 5.75 Å². The Morgan fingerprint density at radius 3 is 2.82 bits per heavy atom. The second-order valence-electron chi connectivity index (χ2n) is 7.59. The molecule has 2 aliphatic carbocycles. The van der Waals surface area contributed by atoms with E-state index in [4.69, 9.17) is 4.74 Å². The number of fused-ring (bicyclic) bond motifs is 5. The Bertz CT molecular complexity index is 751. The summed E-state index contributed by atoms with van der Waals surface area (Å²) < 4.78 is 6.69. The second-order valence-corrected chi connectivity index (χ2v) is 8.44. The fraction of sp³-hybridized carbons (Fsp3) is 0.500. The maximum Gasteiger partial charge on any atom is 0.119 e. The van der Waals surface area contributed by atoms with Crippen LogP contribution >= 0.6 is 15.9 Å². The van der Waals surface area contributed by atoms with Crippen LogP contribution in [0.25, 0.3) is 10.8 Å². The summed E-state index contributed by atoms with van der Waals surface area (Å²) in [4.78, 5) is 0. The number of aryl methyl sites for hydroxylation is 1. The largest absolute Gasteiger partial charge is 0.497 e. The van der Waals surface area contributed by atoms with E-state index in [0.29, 0.717) is 5.41 Å². The first-order valence-electron chi connectivity index (χ1n) is 8.31. The number of benzene rings is 2. The average Bonchev–Trinajstić information content (AvgIpc) is 2.81. The predicted molar refractivity (Wildman–Crippen MR) is 95.8 cm³/mol. The summed E-state index contributed by atoms with van der Waals surface area (Å²) in [7, 11) is 1.75. The van der Waals surface area contributed by atoms with E-state index >= 15 is 0 Å². The highest BCUT2D eigenvalue weighted by atomic mass is 79.9. The predicted octanol–water partition coefficient (Wildman–Crippen LogP) is 6.08. The highest BCUT2D eigenvalue weighted by Crippen LogP contribution is 2.58. The molecule has 116 valence electrons. The van der Waals surface area contributed by atoms with Crippen molar-refractivity contribution in [1.82, 2.24) is 0 Å². The van der Waals surface area contributed by atoms with Gasteiger partial charge in [-0.2, -0.15) is 0 Å². The van der Waals surface area contributed by atoms with E-state index in [1.54, 1.807) is 18.2 Å². The molecular formula is C20H23BrO. The third kappa shape index (κ3) is 2.03. The van der Waals surface area contributed by atoms with Gasteiger partial charge in [0.25, 0.3) is 0 Å². The summed E-state index contributed by atoms with van der Waals surface area (Å²) in [6, 6.07) is 8.87. The number of methoxy groups -OCH3 is 1. The van der Waals surface area contributed by atoms with Crippen LogP contribution in [0.2, 0.25) is 0 Å². The first-order valence-corrected chi connectivity index (χ1v) is 9.10. The van der Waals surface area contributed by atoms with Crippen LogP contribution in [0.15, 0.2) is 28.7 Å².